The lowest BCUT2D eigenvalue weighted by atomic mass is 9.95. The van der Waals surface area contributed by atoms with E-state index in [-0.39, 0.29) is 35.9 Å². The van der Waals surface area contributed by atoms with Crippen LogP contribution in [0.2, 0.25) is 0 Å². The first-order valence-corrected chi connectivity index (χ1v) is 14.0. The minimum Gasteiger partial charge on any atom is -0.349 e. The van der Waals surface area contributed by atoms with Crippen molar-refractivity contribution in [3.05, 3.63) is 101 Å². The number of aromatic nitrogens is 1. The van der Waals surface area contributed by atoms with Crippen LogP contribution in [-0.2, 0) is 26.8 Å². The maximum atomic E-state index is 13.9. The predicted molar refractivity (Wildman–Crippen MR) is 139 cm³/mol. The van der Waals surface area contributed by atoms with Crippen LogP contribution in [0.1, 0.15) is 35.6 Å². The van der Waals surface area contributed by atoms with E-state index >= 15 is 0 Å². The number of para-hydroxylation sites is 1. The topological polar surface area (TPSA) is 76.1 Å². The number of sulfone groups is 1. The Morgan fingerprint density at radius 3 is 2.42 bits per heavy atom. The van der Waals surface area contributed by atoms with Crippen molar-refractivity contribution in [1.29, 1.82) is 0 Å². The summed E-state index contributed by atoms with van der Waals surface area (Å²) in [6.45, 7) is 0. The minimum atomic E-state index is -3.42. The lowest BCUT2D eigenvalue weighted by Crippen LogP contribution is -2.31. The first kappa shape index (κ1) is 24.1. The Labute approximate surface area is 210 Å². The highest BCUT2D eigenvalue weighted by molar-refractivity contribution is 7.89. The molecule has 36 heavy (non-hydrogen) atoms. The van der Waals surface area contributed by atoms with Gasteiger partial charge in [0.25, 0.3) is 0 Å². The number of nitrogens with one attached hydrogen (secondary N) is 1. The smallest absolute Gasteiger partial charge is 0.224 e. The lowest BCUT2D eigenvalue weighted by molar-refractivity contribution is -0.121. The molecule has 1 fully saturated rings. The number of hydrogen-bond donors (Lipinski definition) is 1. The standard InChI is InChI=1S/C29H27FN2O3S/c1-36(34,35)18-25-24(17-27(33)32-28(20-14-15-20)21-10-7-11-22(30)16-21)23-12-5-6-13-26(23)31-29(25)19-8-3-2-4-9-19/h2-13,16,20,28H,14-15,17-18H2,1H3,(H,32,33). The lowest BCUT2D eigenvalue weighted by Gasteiger charge is -2.21. The van der Waals surface area contributed by atoms with Gasteiger partial charge in [0.1, 0.15) is 5.82 Å². The van der Waals surface area contributed by atoms with Crippen molar-refractivity contribution < 1.29 is 17.6 Å². The zero-order chi connectivity index (χ0) is 25.3. The van der Waals surface area contributed by atoms with Crippen LogP contribution in [0, 0.1) is 11.7 Å². The van der Waals surface area contributed by atoms with Crippen LogP contribution in [0.3, 0.4) is 0 Å². The van der Waals surface area contributed by atoms with E-state index in [4.69, 9.17) is 4.98 Å². The minimum absolute atomic E-state index is 0.00768. The first-order valence-electron chi connectivity index (χ1n) is 12.0. The van der Waals surface area contributed by atoms with Gasteiger partial charge in [-0.2, -0.15) is 0 Å². The molecule has 1 unspecified atom stereocenters. The summed E-state index contributed by atoms with van der Waals surface area (Å²) in [7, 11) is -3.42. The van der Waals surface area contributed by atoms with Gasteiger partial charge >= 0.3 is 0 Å². The first-order chi connectivity index (χ1) is 17.3. The van der Waals surface area contributed by atoms with Crippen LogP contribution in [0.5, 0.6) is 0 Å². The fourth-order valence-electron chi connectivity index (χ4n) is 4.76. The summed E-state index contributed by atoms with van der Waals surface area (Å²) in [4.78, 5) is 18.3. The monoisotopic (exact) mass is 502 g/mol. The molecule has 1 aliphatic rings. The van der Waals surface area contributed by atoms with Crippen LogP contribution < -0.4 is 5.32 Å². The molecule has 3 aromatic carbocycles. The summed E-state index contributed by atoms with van der Waals surface area (Å²) in [5, 5.41) is 3.86. The Kier molecular flexibility index (Phi) is 6.58. The highest BCUT2D eigenvalue weighted by atomic mass is 32.2. The largest absolute Gasteiger partial charge is 0.349 e. The average Bonchev–Trinajstić information content (AvgIpc) is 3.69. The fourth-order valence-corrected chi connectivity index (χ4v) is 5.60. The maximum Gasteiger partial charge on any atom is 0.224 e. The van der Waals surface area contributed by atoms with Crippen LogP contribution in [0.25, 0.3) is 22.2 Å². The number of halogens is 1. The molecule has 0 spiro atoms. The molecule has 1 aromatic heterocycles. The van der Waals surface area contributed by atoms with Gasteiger partial charge in [0, 0.05) is 17.2 Å². The molecule has 0 bridgehead atoms. The van der Waals surface area contributed by atoms with Crippen molar-refractivity contribution in [3.63, 3.8) is 0 Å². The molecular formula is C29H27FN2O3S. The third-order valence-electron chi connectivity index (χ3n) is 6.52. The van der Waals surface area contributed by atoms with E-state index in [9.17, 15) is 17.6 Å². The van der Waals surface area contributed by atoms with E-state index in [0.717, 1.165) is 29.4 Å². The number of hydrogen-bond acceptors (Lipinski definition) is 4. The van der Waals surface area contributed by atoms with E-state index in [1.165, 1.54) is 18.4 Å². The number of benzene rings is 3. The number of carbonyl (C=O) groups is 1. The second kappa shape index (κ2) is 9.82. The van der Waals surface area contributed by atoms with Gasteiger partial charge in [-0.3, -0.25) is 4.79 Å². The zero-order valence-corrected chi connectivity index (χ0v) is 20.8. The van der Waals surface area contributed by atoms with Crippen LogP contribution in [-0.4, -0.2) is 25.6 Å². The average molecular weight is 503 g/mol. The summed E-state index contributed by atoms with van der Waals surface area (Å²) in [5.74, 6) is -0.537. The zero-order valence-electron chi connectivity index (χ0n) is 19.9. The highest BCUT2D eigenvalue weighted by Crippen LogP contribution is 2.41. The molecule has 7 heteroatoms. The molecular weight excluding hydrogens is 475 g/mol. The normalized spacial score (nSPS) is 14.5. The van der Waals surface area contributed by atoms with E-state index in [1.54, 1.807) is 6.07 Å². The highest BCUT2D eigenvalue weighted by Gasteiger charge is 2.34. The molecule has 0 aliphatic heterocycles. The quantitative estimate of drug-likeness (QED) is 0.350. The Hall–Kier alpha value is -3.58. The van der Waals surface area contributed by atoms with Crippen molar-refractivity contribution >= 4 is 26.6 Å². The molecule has 4 aromatic rings. The second-order valence-electron chi connectivity index (χ2n) is 9.49. The van der Waals surface area contributed by atoms with Gasteiger partial charge < -0.3 is 5.32 Å². The SMILES string of the molecule is CS(=O)(=O)Cc1c(-c2ccccc2)nc2ccccc2c1CC(=O)NC(c1cccc(F)c1)C1CC1. The van der Waals surface area contributed by atoms with Gasteiger partial charge in [0.05, 0.1) is 29.4 Å². The molecule has 5 nitrogen and oxygen atoms in total. The van der Waals surface area contributed by atoms with Crippen LogP contribution in [0.4, 0.5) is 4.39 Å². The number of pyridine rings is 1. The van der Waals surface area contributed by atoms with Gasteiger partial charge in [-0.05, 0) is 53.6 Å². The number of fused-ring (bicyclic) bond motifs is 1. The number of nitrogens with zero attached hydrogens (tertiary/aromatic N) is 1. The van der Waals surface area contributed by atoms with Crippen molar-refractivity contribution in [2.24, 2.45) is 5.92 Å². The summed E-state index contributed by atoms with van der Waals surface area (Å²) in [6.07, 6.45) is 3.12. The van der Waals surface area contributed by atoms with Crippen LogP contribution >= 0.6 is 0 Å². The molecule has 1 N–H and O–H groups in total. The van der Waals surface area contributed by atoms with Gasteiger partial charge in [-0.1, -0.05) is 60.7 Å². The number of rotatable bonds is 8. The van der Waals surface area contributed by atoms with Crippen LogP contribution in [0.15, 0.2) is 78.9 Å². The number of carbonyl (C=O) groups excluding carboxylic acids is 1. The maximum absolute atomic E-state index is 13.9. The Bertz CT molecular complexity index is 1530. The van der Waals surface area contributed by atoms with Crippen molar-refractivity contribution in [2.45, 2.75) is 31.1 Å². The summed E-state index contributed by atoms with van der Waals surface area (Å²) in [5.41, 5.74) is 3.97. The van der Waals surface area contributed by atoms with E-state index in [0.29, 0.717) is 22.3 Å². The molecule has 1 atom stereocenters. The van der Waals surface area contributed by atoms with Gasteiger partial charge in [-0.15, -0.1) is 0 Å². The molecule has 0 radical (unpaired) electrons. The molecule has 1 saturated carbocycles. The number of amides is 1. The van der Waals surface area contributed by atoms with Gasteiger partial charge in [0.15, 0.2) is 9.84 Å². The Morgan fingerprint density at radius 2 is 1.72 bits per heavy atom. The summed E-state index contributed by atoms with van der Waals surface area (Å²) >= 11 is 0. The third-order valence-corrected chi connectivity index (χ3v) is 7.33. The molecule has 1 heterocycles. The molecule has 1 amide bonds. The Morgan fingerprint density at radius 1 is 1.00 bits per heavy atom. The fraction of sp³-hybridized carbons (Fsp3) is 0.241. The Balaban J connectivity index is 1.58. The second-order valence-corrected chi connectivity index (χ2v) is 11.6. The summed E-state index contributed by atoms with van der Waals surface area (Å²) in [6, 6.07) is 22.9. The van der Waals surface area contributed by atoms with E-state index < -0.39 is 9.84 Å². The summed E-state index contributed by atoms with van der Waals surface area (Å²) < 4.78 is 38.9. The van der Waals surface area contributed by atoms with E-state index in [1.807, 2.05) is 60.7 Å². The van der Waals surface area contributed by atoms with Gasteiger partial charge in [0.2, 0.25) is 5.91 Å². The van der Waals surface area contributed by atoms with Crippen molar-refractivity contribution in [2.75, 3.05) is 6.26 Å². The third kappa shape index (κ3) is 5.46. The van der Waals surface area contributed by atoms with Crippen molar-refractivity contribution in [1.82, 2.24) is 10.3 Å². The van der Waals surface area contributed by atoms with Gasteiger partial charge in [-0.25, -0.2) is 17.8 Å². The molecule has 1 aliphatic carbocycles. The van der Waals surface area contributed by atoms with E-state index in [2.05, 4.69) is 5.32 Å². The molecule has 5 rings (SSSR count). The molecule has 0 saturated heterocycles. The predicted octanol–water partition coefficient (Wildman–Crippen LogP) is 5.40. The van der Waals surface area contributed by atoms with Crippen molar-refractivity contribution in [3.8, 4) is 11.3 Å². The molecule has 184 valence electrons.